The van der Waals surface area contributed by atoms with Crippen LogP contribution in [0.3, 0.4) is 0 Å². The number of nitrogens with two attached hydrogens (primary N) is 1. The van der Waals surface area contributed by atoms with Crippen molar-refractivity contribution in [3.63, 3.8) is 0 Å². The molecule has 2 aliphatic heterocycles. The minimum Gasteiger partial charge on any atom is -0.379 e. The fourth-order valence-corrected chi connectivity index (χ4v) is 3.24. The fourth-order valence-electron chi connectivity index (χ4n) is 3.00. The Kier molecular flexibility index (Phi) is 6.30. The van der Waals surface area contributed by atoms with Crippen LogP contribution in [0.25, 0.3) is 0 Å². The Morgan fingerprint density at radius 1 is 1.41 bits per heavy atom. The summed E-state index contributed by atoms with van der Waals surface area (Å²) in [7, 11) is 0. The smallest absolute Gasteiger partial charge is 0.379 e. The average Bonchev–Trinajstić information content (AvgIpc) is 3.02. The van der Waals surface area contributed by atoms with Gasteiger partial charge in [-0.1, -0.05) is 17.5 Å². The molecule has 154 valence electrons. The van der Waals surface area contributed by atoms with Crippen LogP contribution in [0.4, 0.5) is 18.9 Å². The number of hydrogen-bond donors (Lipinski definition) is 2. The number of nitrogens with zero attached hydrogens (tertiary/aromatic N) is 3. The number of alkyl halides is 3. The summed E-state index contributed by atoms with van der Waals surface area (Å²) < 4.78 is 43.4. The summed E-state index contributed by atoms with van der Waals surface area (Å²) in [6.07, 6.45) is -4.01. The number of rotatable bonds is 2. The average molecular weight is 428 g/mol. The second-order valence-electron chi connectivity index (χ2n) is 6.29. The molecule has 7 nitrogen and oxygen atoms in total. The summed E-state index contributed by atoms with van der Waals surface area (Å²) in [5.41, 5.74) is 6.19. The van der Waals surface area contributed by atoms with Crippen molar-refractivity contribution in [2.45, 2.75) is 25.1 Å². The maximum absolute atomic E-state index is 12.6. The number of amidine groups is 1. The Balaban J connectivity index is 1.95. The first kappa shape index (κ1) is 21.0. The second-order valence-corrected chi connectivity index (χ2v) is 6.70. The highest BCUT2D eigenvalue weighted by Crippen LogP contribution is 2.33. The van der Waals surface area contributed by atoms with Gasteiger partial charge >= 0.3 is 12.1 Å². The molecule has 2 heterocycles. The number of halogens is 4. The van der Waals surface area contributed by atoms with Crippen LogP contribution in [0.5, 0.6) is 0 Å². The van der Waals surface area contributed by atoms with Gasteiger partial charge in [-0.3, -0.25) is 4.79 Å². The standard InChI is InChI=1S/C18H17ClF3N5O2/c19-13-5-4-11(25-16(28)18(20,21)22)9-12(13)14-10-29-8-2-7-27(14)15-3-1-6-24-17(23)26-15/h4-5,9,14H,2-3,7-8,10H2,(H2,23,24)(H,25,28)/t14-/m0/s1. The van der Waals surface area contributed by atoms with Crippen molar-refractivity contribution in [1.82, 2.24) is 4.90 Å². The molecule has 1 amide bonds. The lowest BCUT2D eigenvalue weighted by atomic mass is 10.0. The zero-order chi connectivity index (χ0) is 21.0. The molecule has 1 aromatic carbocycles. The molecule has 3 rings (SSSR count). The Morgan fingerprint density at radius 3 is 2.97 bits per heavy atom. The number of hydrogen-bond acceptors (Lipinski definition) is 6. The molecule has 1 atom stereocenters. The van der Waals surface area contributed by atoms with E-state index in [0.29, 0.717) is 42.4 Å². The van der Waals surface area contributed by atoms with Crippen molar-refractivity contribution in [3.05, 3.63) is 28.8 Å². The lowest BCUT2D eigenvalue weighted by Crippen LogP contribution is -2.37. The van der Waals surface area contributed by atoms with Crippen LogP contribution in [-0.4, -0.2) is 48.5 Å². The van der Waals surface area contributed by atoms with E-state index in [9.17, 15) is 18.0 Å². The lowest BCUT2D eigenvalue weighted by molar-refractivity contribution is -0.167. The number of benzene rings is 1. The van der Waals surface area contributed by atoms with Crippen LogP contribution >= 0.6 is 11.6 Å². The fraction of sp³-hybridized carbons (Fsp3) is 0.389. The zero-order valence-electron chi connectivity index (χ0n) is 15.1. The minimum atomic E-state index is -5.00. The van der Waals surface area contributed by atoms with Crippen LogP contribution in [0, 0.1) is 12.0 Å². The van der Waals surface area contributed by atoms with E-state index in [-0.39, 0.29) is 18.3 Å². The Morgan fingerprint density at radius 2 is 2.21 bits per heavy atom. The molecule has 1 saturated heterocycles. The third kappa shape index (κ3) is 5.19. The first-order valence-corrected chi connectivity index (χ1v) is 9.04. The molecule has 0 aromatic heterocycles. The number of ether oxygens (including phenoxy) is 1. The summed E-state index contributed by atoms with van der Waals surface area (Å²) >= 11 is 6.34. The number of carbonyl (C=O) groups excluding carboxylic acids is 1. The van der Waals surface area contributed by atoms with Crippen molar-refractivity contribution in [1.29, 1.82) is 0 Å². The molecule has 3 N–H and O–H groups in total. The van der Waals surface area contributed by atoms with E-state index in [2.05, 4.69) is 21.9 Å². The number of aliphatic imine (C=N–C) groups is 2. The predicted molar refractivity (Wildman–Crippen MR) is 102 cm³/mol. The number of guanidine groups is 1. The number of amides is 1. The van der Waals surface area contributed by atoms with Gasteiger partial charge in [0.15, 0.2) is 0 Å². The van der Waals surface area contributed by atoms with Crippen molar-refractivity contribution in [2.24, 2.45) is 15.7 Å². The summed E-state index contributed by atoms with van der Waals surface area (Å²) in [4.78, 5) is 21.3. The molecule has 0 spiro atoms. The van der Waals surface area contributed by atoms with Gasteiger partial charge in [-0.15, -0.1) is 0 Å². The van der Waals surface area contributed by atoms with Gasteiger partial charge in [0, 0.05) is 29.9 Å². The molecule has 11 heteroatoms. The van der Waals surface area contributed by atoms with Gasteiger partial charge in [0.1, 0.15) is 5.84 Å². The maximum atomic E-state index is 12.6. The SMILES string of the molecule is NC1=NC#CCC(N2CCCOC[C@H]2c2cc(NC(=O)C(F)(F)F)ccc2Cl)=N1. The van der Waals surface area contributed by atoms with Crippen molar-refractivity contribution >= 4 is 35.0 Å². The largest absolute Gasteiger partial charge is 0.471 e. The Hall–Kier alpha value is -2.77. The Bertz CT molecular complexity index is 920. The van der Waals surface area contributed by atoms with Crippen LogP contribution in [0.15, 0.2) is 28.2 Å². The highest BCUT2D eigenvalue weighted by Gasteiger charge is 2.39. The van der Waals surface area contributed by atoms with Crippen LogP contribution in [-0.2, 0) is 9.53 Å². The molecule has 1 fully saturated rings. The first-order valence-electron chi connectivity index (χ1n) is 8.66. The van der Waals surface area contributed by atoms with Gasteiger partial charge in [-0.25, -0.2) is 0 Å². The van der Waals surface area contributed by atoms with Gasteiger partial charge in [0.2, 0.25) is 5.96 Å². The predicted octanol–water partition coefficient (Wildman–Crippen LogP) is 2.68. The van der Waals surface area contributed by atoms with E-state index in [0.717, 1.165) is 0 Å². The maximum Gasteiger partial charge on any atom is 0.471 e. The topological polar surface area (TPSA) is 92.3 Å². The summed E-state index contributed by atoms with van der Waals surface area (Å²) in [6, 6.07) is 6.22. The van der Waals surface area contributed by atoms with Gasteiger partial charge in [-0.2, -0.15) is 23.2 Å². The normalized spacial score (nSPS) is 19.9. The molecule has 0 saturated carbocycles. The van der Waals surface area contributed by atoms with Crippen molar-refractivity contribution < 1.29 is 22.7 Å². The van der Waals surface area contributed by atoms with Crippen molar-refractivity contribution in [2.75, 3.05) is 25.1 Å². The molecule has 29 heavy (non-hydrogen) atoms. The number of anilines is 1. The third-order valence-corrected chi connectivity index (χ3v) is 4.63. The summed E-state index contributed by atoms with van der Waals surface area (Å²) in [5, 5.41) is 2.16. The van der Waals surface area contributed by atoms with Gasteiger partial charge in [-0.05, 0) is 30.2 Å². The second kappa shape index (κ2) is 8.71. The van der Waals surface area contributed by atoms with Crippen LogP contribution < -0.4 is 11.1 Å². The minimum absolute atomic E-state index is 0.0196. The molecule has 0 unspecified atom stereocenters. The summed E-state index contributed by atoms with van der Waals surface area (Å²) in [5.74, 6) is 1.36. The molecule has 0 radical (unpaired) electrons. The highest BCUT2D eigenvalue weighted by atomic mass is 35.5. The van der Waals surface area contributed by atoms with Gasteiger partial charge in [0.05, 0.1) is 19.1 Å². The van der Waals surface area contributed by atoms with Crippen LogP contribution in [0.2, 0.25) is 5.02 Å². The van der Waals surface area contributed by atoms with E-state index >= 15 is 0 Å². The Labute approximate surface area is 169 Å². The van der Waals surface area contributed by atoms with E-state index in [1.165, 1.54) is 18.2 Å². The lowest BCUT2D eigenvalue weighted by Gasteiger charge is -2.32. The van der Waals surface area contributed by atoms with Gasteiger partial charge < -0.3 is 20.7 Å². The number of nitrogens with one attached hydrogen (secondary N) is 1. The molecular formula is C18H17ClF3N5O2. The molecule has 1 aromatic rings. The highest BCUT2D eigenvalue weighted by molar-refractivity contribution is 6.31. The third-order valence-electron chi connectivity index (χ3n) is 4.28. The quantitative estimate of drug-likeness (QED) is 0.710. The molecule has 0 aliphatic carbocycles. The van der Waals surface area contributed by atoms with Gasteiger partial charge in [0.25, 0.3) is 0 Å². The molecule has 2 aliphatic rings. The summed E-state index contributed by atoms with van der Waals surface area (Å²) in [6.45, 7) is 1.27. The zero-order valence-corrected chi connectivity index (χ0v) is 15.8. The molecular weight excluding hydrogens is 411 g/mol. The van der Waals surface area contributed by atoms with Crippen LogP contribution in [0.1, 0.15) is 24.4 Å². The van der Waals surface area contributed by atoms with E-state index in [1.54, 1.807) is 0 Å². The molecule has 0 bridgehead atoms. The number of carbonyl (C=O) groups is 1. The monoisotopic (exact) mass is 427 g/mol. The van der Waals surface area contributed by atoms with E-state index in [1.807, 2.05) is 10.2 Å². The first-order chi connectivity index (χ1) is 13.8. The van der Waals surface area contributed by atoms with E-state index < -0.39 is 18.1 Å². The van der Waals surface area contributed by atoms with E-state index in [4.69, 9.17) is 22.1 Å². The van der Waals surface area contributed by atoms with Crippen molar-refractivity contribution in [3.8, 4) is 12.0 Å².